The van der Waals surface area contributed by atoms with Crippen LogP contribution in [0, 0.1) is 6.92 Å². The number of aromatic nitrogens is 2. The summed E-state index contributed by atoms with van der Waals surface area (Å²) in [5, 5.41) is 10.9. The lowest BCUT2D eigenvalue weighted by Crippen LogP contribution is -2.17. The van der Waals surface area contributed by atoms with E-state index in [4.69, 9.17) is 0 Å². The fourth-order valence-corrected chi connectivity index (χ4v) is 5.46. The normalized spacial score (nSPS) is 15.0. The van der Waals surface area contributed by atoms with Crippen LogP contribution in [-0.2, 0) is 15.6 Å². The number of H-pyrrole nitrogens is 1. The van der Waals surface area contributed by atoms with E-state index in [9.17, 15) is 18.0 Å². The van der Waals surface area contributed by atoms with Gasteiger partial charge in [-0.15, -0.1) is 11.3 Å². The standard InChI is InChI=1S/C17H13N3O4S2/c1-9-7-12(20-19-9)17(22)18-11-3-2-4-13-14(11)15(21)16-10(5-6-25-16)8-26(13,23)24/h2-7H,8H2,1H3,(H,18,22)(H,19,20). The molecule has 7 nitrogen and oxygen atoms in total. The predicted octanol–water partition coefficient (Wildman–Crippen LogP) is 2.55. The highest BCUT2D eigenvalue weighted by molar-refractivity contribution is 7.90. The fraction of sp³-hybridized carbons (Fsp3) is 0.118. The predicted molar refractivity (Wildman–Crippen MR) is 96.4 cm³/mol. The number of carbonyl (C=O) groups excluding carboxylic acids is 2. The molecule has 1 aromatic carbocycles. The minimum absolute atomic E-state index is 0.00527. The van der Waals surface area contributed by atoms with E-state index in [0.717, 1.165) is 0 Å². The molecule has 0 fully saturated rings. The molecule has 4 rings (SSSR count). The van der Waals surface area contributed by atoms with Crippen LogP contribution in [-0.4, -0.2) is 30.3 Å². The molecule has 0 bridgehead atoms. The molecule has 1 aliphatic heterocycles. The highest BCUT2D eigenvalue weighted by Crippen LogP contribution is 2.36. The molecule has 3 aromatic rings. The third kappa shape index (κ3) is 2.65. The van der Waals surface area contributed by atoms with Crippen LogP contribution in [0.25, 0.3) is 0 Å². The summed E-state index contributed by atoms with van der Waals surface area (Å²) in [7, 11) is -3.70. The van der Waals surface area contributed by atoms with Gasteiger partial charge in [0.1, 0.15) is 0 Å². The van der Waals surface area contributed by atoms with Gasteiger partial charge in [-0.3, -0.25) is 14.7 Å². The van der Waals surface area contributed by atoms with Crippen LogP contribution < -0.4 is 5.32 Å². The number of hydrogen-bond acceptors (Lipinski definition) is 6. The lowest BCUT2D eigenvalue weighted by Gasteiger charge is -2.12. The van der Waals surface area contributed by atoms with Crippen LogP contribution in [0.3, 0.4) is 0 Å². The first kappa shape index (κ1) is 16.7. The zero-order valence-electron chi connectivity index (χ0n) is 13.6. The lowest BCUT2D eigenvalue weighted by molar-refractivity contribution is 0.102. The number of rotatable bonds is 2. The molecule has 2 N–H and O–H groups in total. The van der Waals surface area contributed by atoms with Crippen molar-refractivity contribution in [3.63, 3.8) is 0 Å². The van der Waals surface area contributed by atoms with E-state index in [-0.39, 0.29) is 27.6 Å². The number of aromatic amines is 1. The highest BCUT2D eigenvalue weighted by atomic mass is 32.2. The van der Waals surface area contributed by atoms with Crippen LogP contribution in [0.1, 0.15) is 37.0 Å². The smallest absolute Gasteiger partial charge is 0.276 e. The number of thiophene rings is 1. The van der Waals surface area contributed by atoms with Gasteiger partial charge in [-0.25, -0.2) is 8.42 Å². The molecule has 0 atom stereocenters. The maximum Gasteiger partial charge on any atom is 0.276 e. The second-order valence-electron chi connectivity index (χ2n) is 5.93. The van der Waals surface area contributed by atoms with Crippen molar-refractivity contribution >= 4 is 38.6 Å². The van der Waals surface area contributed by atoms with Gasteiger partial charge >= 0.3 is 0 Å². The van der Waals surface area contributed by atoms with Crippen LogP contribution in [0.2, 0.25) is 0 Å². The highest BCUT2D eigenvalue weighted by Gasteiger charge is 2.33. The number of amides is 1. The molecule has 26 heavy (non-hydrogen) atoms. The molecule has 1 amide bonds. The van der Waals surface area contributed by atoms with E-state index in [1.54, 1.807) is 24.4 Å². The summed E-state index contributed by atoms with van der Waals surface area (Å²) in [4.78, 5) is 25.7. The molecule has 3 heterocycles. The zero-order valence-corrected chi connectivity index (χ0v) is 15.2. The van der Waals surface area contributed by atoms with Crippen molar-refractivity contribution in [1.82, 2.24) is 10.2 Å². The molecule has 0 aliphatic carbocycles. The Bertz CT molecular complexity index is 1160. The maximum atomic E-state index is 13.0. The Balaban J connectivity index is 1.85. The monoisotopic (exact) mass is 387 g/mol. The van der Waals surface area contributed by atoms with Gasteiger partial charge in [-0.2, -0.15) is 5.10 Å². The molecule has 0 spiro atoms. The number of nitrogens with one attached hydrogen (secondary N) is 2. The molecular weight excluding hydrogens is 374 g/mol. The molecule has 132 valence electrons. The third-order valence-electron chi connectivity index (χ3n) is 4.07. The summed E-state index contributed by atoms with van der Waals surface area (Å²) < 4.78 is 25.5. The van der Waals surface area contributed by atoms with Gasteiger partial charge in [-0.1, -0.05) is 6.07 Å². The number of fused-ring (bicyclic) bond motifs is 2. The number of anilines is 1. The van der Waals surface area contributed by atoms with Crippen LogP contribution in [0.5, 0.6) is 0 Å². The Kier molecular flexibility index (Phi) is 3.78. The minimum atomic E-state index is -3.70. The topological polar surface area (TPSA) is 109 Å². The summed E-state index contributed by atoms with van der Waals surface area (Å²) >= 11 is 1.19. The van der Waals surface area contributed by atoms with E-state index in [1.807, 2.05) is 0 Å². The molecular formula is C17H13N3O4S2. The number of sulfone groups is 1. The van der Waals surface area contributed by atoms with Crippen molar-refractivity contribution in [3.8, 4) is 0 Å². The van der Waals surface area contributed by atoms with Gasteiger partial charge in [0.2, 0.25) is 5.78 Å². The summed E-state index contributed by atoms with van der Waals surface area (Å²) in [5.41, 5.74) is 1.50. The Labute approximate surface area is 153 Å². The van der Waals surface area contributed by atoms with Gasteiger partial charge in [-0.05, 0) is 42.1 Å². The van der Waals surface area contributed by atoms with Crippen LogP contribution >= 0.6 is 11.3 Å². The molecule has 2 aromatic heterocycles. The molecule has 0 saturated carbocycles. The minimum Gasteiger partial charge on any atom is -0.320 e. The van der Waals surface area contributed by atoms with E-state index >= 15 is 0 Å². The molecule has 0 unspecified atom stereocenters. The van der Waals surface area contributed by atoms with Crippen molar-refractivity contribution in [2.45, 2.75) is 17.6 Å². The second kappa shape index (κ2) is 5.89. The van der Waals surface area contributed by atoms with Gasteiger partial charge in [0.05, 0.1) is 26.8 Å². The number of benzene rings is 1. The van der Waals surface area contributed by atoms with E-state index in [2.05, 4.69) is 15.5 Å². The Morgan fingerprint density at radius 2 is 2.12 bits per heavy atom. The second-order valence-corrected chi connectivity index (χ2v) is 8.81. The maximum absolute atomic E-state index is 13.0. The number of aryl methyl sites for hydroxylation is 1. The average Bonchev–Trinajstić information content (AvgIpc) is 3.21. The van der Waals surface area contributed by atoms with E-state index in [0.29, 0.717) is 16.1 Å². The van der Waals surface area contributed by atoms with E-state index in [1.165, 1.54) is 29.5 Å². The van der Waals surface area contributed by atoms with Crippen molar-refractivity contribution in [1.29, 1.82) is 0 Å². The van der Waals surface area contributed by atoms with Gasteiger partial charge in [0.15, 0.2) is 15.5 Å². The number of hydrogen-bond donors (Lipinski definition) is 2. The molecule has 0 saturated heterocycles. The third-order valence-corrected chi connectivity index (χ3v) is 6.73. The molecule has 9 heteroatoms. The Hall–Kier alpha value is -2.78. The SMILES string of the molecule is Cc1cc(C(=O)Nc2cccc3c2C(=O)c2sccc2CS3(=O)=O)n[nH]1. The van der Waals surface area contributed by atoms with Gasteiger partial charge in [0, 0.05) is 5.69 Å². The Morgan fingerprint density at radius 3 is 2.85 bits per heavy atom. The first-order valence-corrected chi connectivity index (χ1v) is 10.2. The summed E-state index contributed by atoms with van der Waals surface area (Å²) in [5.74, 6) is -1.16. The van der Waals surface area contributed by atoms with Gasteiger partial charge < -0.3 is 5.32 Å². The molecule has 0 radical (unpaired) electrons. The lowest BCUT2D eigenvalue weighted by atomic mass is 10.0. The zero-order chi connectivity index (χ0) is 18.5. The number of nitrogens with zero attached hydrogens (tertiary/aromatic N) is 1. The van der Waals surface area contributed by atoms with Crippen molar-refractivity contribution in [3.05, 3.63) is 63.1 Å². The summed E-state index contributed by atoms with van der Waals surface area (Å²) in [6.07, 6.45) is 0. The van der Waals surface area contributed by atoms with E-state index < -0.39 is 21.5 Å². The quantitative estimate of drug-likeness (QED) is 0.702. The Morgan fingerprint density at radius 1 is 1.31 bits per heavy atom. The number of carbonyl (C=O) groups is 2. The average molecular weight is 387 g/mol. The summed E-state index contributed by atoms with van der Waals surface area (Å²) in [6, 6.07) is 7.63. The van der Waals surface area contributed by atoms with Crippen molar-refractivity contribution in [2.75, 3.05) is 5.32 Å². The molecule has 1 aliphatic rings. The fourth-order valence-electron chi connectivity index (χ4n) is 2.89. The number of ketones is 1. The first-order valence-electron chi connectivity index (χ1n) is 7.67. The van der Waals surface area contributed by atoms with Crippen LogP contribution in [0.15, 0.2) is 40.6 Å². The van der Waals surface area contributed by atoms with Crippen LogP contribution in [0.4, 0.5) is 5.69 Å². The van der Waals surface area contributed by atoms with Gasteiger partial charge in [0.25, 0.3) is 5.91 Å². The van der Waals surface area contributed by atoms with Crippen molar-refractivity contribution in [2.24, 2.45) is 0 Å². The van der Waals surface area contributed by atoms with Crippen molar-refractivity contribution < 1.29 is 18.0 Å². The first-order chi connectivity index (χ1) is 12.4. The largest absolute Gasteiger partial charge is 0.320 e. The summed E-state index contributed by atoms with van der Waals surface area (Å²) in [6.45, 7) is 1.76.